The van der Waals surface area contributed by atoms with Crippen molar-refractivity contribution in [1.82, 2.24) is 9.97 Å². The van der Waals surface area contributed by atoms with E-state index in [1.165, 1.54) is 16.0 Å². The molecule has 27 heavy (non-hydrogen) atoms. The van der Waals surface area contributed by atoms with Gasteiger partial charge in [0.15, 0.2) is 0 Å². The summed E-state index contributed by atoms with van der Waals surface area (Å²) in [7, 11) is 1.71. The molecule has 1 aliphatic carbocycles. The summed E-state index contributed by atoms with van der Waals surface area (Å²) in [5.41, 5.74) is 3.68. The Balaban J connectivity index is 1.55. The van der Waals surface area contributed by atoms with Crippen molar-refractivity contribution in [2.45, 2.75) is 45.1 Å². The standard InChI is InChI=1S/C21H23N3O2S/c1-12-9-10-24(19-13(12)5-3-7-15(19)26-2)11-17-22-20(25)18-14-6-4-8-16(14)27-21(18)23-17/h3,5,7,12H,4,6,8-11H2,1-2H3,(H,22,23,25). The maximum Gasteiger partial charge on any atom is 0.259 e. The third-order valence-corrected chi connectivity index (χ3v) is 7.08. The van der Waals surface area contributed by atoms with Crippen LogP contribution in [0, 0.1) is 0 Å². The van der Waals surface area contributed by atoms with Crippen LogP contribution in [0.4, 0.5) is 5.69 Å². The van der Waals surface area contributed by atoms with Crippen LogP contribution in [0.15, 0.2) is 23.0 Å². The van der Waals surface area contributed by atoms with E-state index < -0.39 is 0 Å². The lowest BCUT2D eigenvalue weighted by Crippen LogP contribution is -2.32. The molecule has 3 heterocycles. The molecule has 0 saturated carbocycles. The molecule has 0 spiro atoms. The van der Waals surface area contributed by atoms with Gasteiger partial charge in [-0.3, -0.25) is 4.79 Å². The predicted molar refractivity (Wildman–Crippen MR) is 109 cm³/mol. The first-order chi connectivity index (χ1) is 13.2. The van der Waals surface area contributed by atoms with Crippen LogP contribution < -0.4 is 15.2 Å². The molecular weight excluding hydrogens is 358 g/mol. The molecule has 5 nitrogen and oxygen atoms in total. The Morgan fingerprint density at radius 1 is 1.37 bits per heavy atom. The third-order valence-electron chi connectivity index (χ3n) is 5.89. The number of aromatic nitrogens is 2. The summed E-state index contributed by atoms with van der Waals surface area (Å²) >= 11 is 1.70. The van der Waals surface area contributed by atoms with Crippen LogP contribution in [-0.2, 0) is 19.4 Å². The number of ether oxygens (including phenoxy) is 1. The highest BCUT2D eigenvalue weighted by Crippen LogP contribution is 2.42. The summed E-state index contributed by atoms with van der Waals surface area (Å²) in [6, 6.07) is 6.24. The molecule has 0 amide bonds. The van der Waals surface area contributed by atoms with Gasteiger partial charge < -0.3 is 14.6 Å². The number of para-hydroxylation sites is 1. The molecule has 3 aromatic rings. The molecule has 140 valence electrons. The Morgan fingerprint density at radius 2 is 2.26 bits per heavy atom. The van der Waals surface area contributed by atoms with Crippen molar-refractivity contribution in [1.29, 1.82) is 0 Å². The molecule has 1 aromatic carbocycles. The molecule has 2 aliphatic rings. The van der Waals surface area contributed by atoms with E-state index in [9.17, 15) is 4.79 Å². The van der Waals surface area contributed by atoms with Gasteiger partial charge in [0.25, 0.3) is 5.56 Å². The highest BCUT2D eigenvalue weighted by molar-refractivity contribution is 7.18. The largest absolute Gasteiger partial charge is 0.495 e. The smallest absolute Gasteiger partial charge is 0.259 e. The van der Waals surface area contributed by atoms with Crippen molar-refractivity contribution >= 4 is 27.2 Å². The lowest BCUT2D eigenvalue weighted by atomic mass is 9.91. The van der Waals surface area contributed by atoms with Crippen LogP contribution in [-0.4, -0.2) is 23.6 Å². The van der Waals surface area contributed by atoms with Crippen molar-refractivity contribution in [2.75, 3.05) is 18.6 Å². The van der Waals surface area contributed by atoms with Gasteiger partial charge in [0, 0.05) is 11.4 Å². The number of hydrogen-bond acceptors (Lipinski definition) is 5. The lowest BCUT2D eigenvalue weighted by Gasteiger charge is -2.35. The zero-order valence-electron chi connectivity index (χ0n) is 15.7. The number of aryl methyl sites for hydroxylation is 2. The highest BCUT2D eigenvalue weighted by atomic mass is 32.1. The molecular formula is C21H23N3O2S. The highest BCUT2D eigenvalue weighted by Gasteiger charge is 2.27. The first-order valence-corrected chi connectivity index (χ1v) is 10.4. The lowest BCUT2D eigenvalue weighted by molar-refractivity contribution is 0.410. The average molecular weight is 382 g/mol. The van der Waals surface area contributed by atoms with Gasteiger partial charge in [0.2, 0.25) is 0 Å². The second-order valence-corrected chi connectivity index (χ2v) is 8.64. The fraction of sp³-hybridized carbons (Fsp3) is 0.429. The molecule has 1 atom stereocenters. The molecule has 2 aromatic heterocycles. The summed E-state index contributed by atoms with van der Waals surface area (Å²) in [5, 5.41) is 0.821. The van der Waals surface area contributed by atoms with Crippen molar-refractivity contribution in [3.8, 4) is 5.75 Å². The number of rotatable bonds is 3. The normalized spacial score (nSPS) is 18.6. The monoisotopic (exact) mass is 381 g/mol. The Kier molecular flexibility index (Phi) is 3.97. The van der Waals surface area contributed by atoms with Crippen molar-refractivity contribution in [2.24, 2.45) is 0 Å². The number of nitrogens with zero attached hydrogens (tertiary/aromatic N) is 2. The number of H-pyrrole nitrogens is 1. The van der Waals surface area contributed by atoms with Gasteiger partial charge in [0.1, 0.15) is 16.4 Å². The summed E-state index contributed by atoms with van der Waals surface area (Å²) < 4.78 is 5.63. The quantitative estimate of drug-likeness (QED) is 0.745. The molecule has 0 bridgehead atoms. The summed E-state index contributed by atoms with van der Waals surface area (Å²) in [5.74, 6) is 2.12. The van der Waals surface area contributed by atoms with Gasteiger partial charge in [-0.2, -0.15) is 0 Å². The van der Waals surface area contributed by atoms with Crippen LogP contribution in [0.3, 0.4) is 0 Å². The Hall–Kier alpha value is -2.34. The molecule has 1 aliphatic heterocycles. The van der Waals surface area contributed by atoms with Crippen LogP contribution >= 0.6 is 11.3 Å². The first-order valence-electron chi connectivity index (χ1n) is 9.61. The second kappa shape index (κ2) is 6.37. The SMILES string of the molecule is COc1cccc2c1N(Cc1nc3sc4c(c3c(=O)[nH]1)CCC4)CCC2C. The molecule has 0 saturated heterocycles. The summed E-state index contributed by atoms with van der Waals surface area (Å²) in [6.45, 7) is 3.78. The summed E-state index contributed by atoms with van der Waals surface area (Å²) in [6.07, 6.45) is 4.33. The Labute approximate surface area is 162 Å². The number of methoxy groups -OCH3 is 1. The van der Waals surface area contributed by atoms with Crippen LogP contribution in [0.5, 0.6) is 5.75 Å². The van der Waals surface area contributed by atoms with Crippen molar-refractivity contribution in [3.63, 3.8) is 0 Å². The fourth-order valence-corrected chi connectivity index (χ4v) is 5.80. The first kappa shape index (κ1) is 16.8. The van der Waals surface area contributed by atoms with Crippen LogP contribution in [0.25, 0.3) is 10.2 Å². The van der Waals surface area contributed by atoms with E-state index in [1.807, 2.05) is 6.07 Å². The van der Waals surface area contributed by atoms with E-state index in [2.05, 4.69) is 28.9 Å². The molecule has 5 rings (SSSR count). The molecule has 0 radical (unpaired) electrons. The number of nitrogens with one attached hydrogen (secondary N) is 1. The average Bonchev–Trinajstić information content (AvgIpc) is 3.24. The van der Waals surface area contributed by atoms with Gasteiger partial charge in [-0.15, -0.1) is 11.3 Å². The van der Waals surface area contributed by atoms with E-state index in [0.29, 0.717) is 12.5 Å². The summed E-state index contributed by atoms with van der Waals surface area (Å²) in [4.78, 5) is 25.2. The predicted octanol–water partition coefficient (Wildman–Crippen LogP) is 4.00. The molecule has 6 heteroatoms. The molecule has 1 unspecified atom stereocenters. The number of anilines is 1. The zero-order valence-corrected chi connectivity index (χ0v) is 16.5. The Bertz CT molecular complexity index is 1080. The number of aromatic amines is 1. The number of fused-ring (bicyclic) bond motifs is 4. The minimum absolute atomic E-state index is 0.0139. The fourth-order valence-electron chi connectivity index (χ4n) is 4.52. The van der Waals surface area contributed by atoms with Crippen LogP contribution in [0.2, 0.25) is 0 Å². The van der Waals surface area contributed by atoms with Gasteiger partial charge in [0.05, 0.1) is 24.7 Å². The van der Waals surface area contributed by atoms with Crippen LogP contribution in [0.1, 0.15) is 47.5 Å². The van der Waals surface area contributed by atoms with E-state index in [0.717, 1.165) is 59.7 Å². The zero-order chi connectivity index (χ0) is 18.5. The molecule has 1 N–H and O–H groups in total. The van der Waals surface area contributed by atoms with Crippen molar-refractivity contribution in [3.05, 3.63) is 50.4 Å². The third kappa shape index (κ3) is 2.65. The maximum absolute atomic E-state index is 12.8. The Morgan fingerprint density at radius 3 is 3.11 bits per heavy atom. The van der Waals surface area contributed by atoms with Gasteiger partial charge in [-0.25, -0.2) is 4.98 Å². The van der Waals surface area contributed by atoms with E-state index in [4.69, 9.17) is 9.72 Å². The topological polar surface area (TPSA) is 58.2 Å². The van der Waals surface area contributed by atoms with E-state index in [-0.39, 0.29) is 5.56 Å². The van der Waals surface area contributed by atoms with E-state index >= 15 is 0 Å². The van der Waals surface area contributed by atoms with Gasteiger partial charge in [-0.05, 0) is 48.8 Å². The molecule has 0 fully saturated rings. The maximum atomic E-state index is 12.8. The van der Waals surface area contributed by atoms with E-state index in [1.54, 1.807) is 18.4 Å². The van der Waals surface area contributed by atoms with Crippen molar-refractivity contribution < 1.29 is 4.74 Å². The number of benzene rings is 1. The second-order valence-electron chi connectivity index (χ2n) is 7.56. The number of thiophene rings is 1. The van der Waals surface area contributed by atoms with Gasteiger partial charge >= 0.3 is 0 Å². The minimum atomic E-state index is 0.0139. The number of hydrogen-bond donors (Lipinski definition) is 1. The minimum Gasteiger partial charge on any atom is -0.495 e. The van der Waals surface area contributed by atoms with Gasteiger partial charge in [-0.1, -0.05) is 19.1 Å².